The molecule has 0 aliphatic rings. The summed E-state index contributed by atoms with van der Waals surface area (Å²) < 4.78 is 9.72. The van der Waals surface area contributed by atoms with E-state index in [1.54, 1.807) is 11.6 Å². The minimum Gasteiger partial charge on any atom is -0.491 e. The number of aryl methyl sites for hydroxylation is 2. The van der Waals surface area contributed by atoms with Crippen molar-refractivity contribution < 1.29 is 9.84 Å². The predicted octanol–water partition coefficient (Wildman–Crippen LogP) is 1.39. The number of hydrogen-bond acceptors (Lipinski definition) is 6. The molecule has 2 atom stereocenters. The molecule has 2 N–H and O–H groups in total. The first kappa shape index (κ1) is 21.6. The van der Waals surface area contributed by atoms with Crippen molar-refractivity contribution in [3.05, 3.63) is 50.7 Å². The predicted molar refractivity (Wildman–Crippen MR) is 116 cm³/mol. The molecule has 9 heteroatoms. The standard InChI is InChI=1S/C21H29N5O4/c1-6-14(3)22-20-23-18-17(19(28)25(5)21(29)24(18)4)26(20)11-15(27)12-30-16-9-7-8-13(2)10-16/h7-10,14-15,27H,6,11-12H2,1-5H3,(H,22,23)/t14-,15-/m1/s1. The Kier molecular flexibility index (Phi) is 6.31. The Morgan fingerprint density at radius 1 is 1.23 bits per heavy atom. The minimum absolute atomic E-state index is 0.0535. The van der Waals surface area contributed by atoms with Gasteiger partial charge in [0.1, 0.15) is 18.5 Å². The Morgan fingerprint density at radius 2 is 1.97 bits per heavy atom. The zero-order valence-electron chi connectivity index (χ0n) is 18.0. The molecule has 3 aromatic rings. The number of rotatable bonds is 8. The van der Waals surface area contributed by atoms with Crippen LogP contribution in [0.4, 0.5) is 5.95 Å². The molecule has 0 saturated carbocycles. The molecule has 162 valence electrons. The van der Waals surface area contributed by atoms with Gasteiger partial charge in [-0.15, -0.1) is 0 Å². The van der Waals surface area contributed by atoms with Gasteiger partial charge in [0, 0.05) is 20.1 Å². The van der Waals surface area contributed by atoms with E-state index in [0.29, 0.717) is 11.7 Å². The highest BCUT2D eigenvalue weighted by Gasteiger charge is 2.22. The lowest BCUT2D eigenvalue weighted by atomic mass is 10.2. The van der Waals surface area contributed by atoms with Gasteiger partial charge in [-0.05, 0) is 38.0 Å². The van der Waals surface area contributed by atoms with Gasteiger partial charge in [0.15, 0.2) is 11.2 Å². The third-order valence-corrected chi connectivity index (χ3v) is 5.16. The number of hydrogen-bond donors (Lipinski definition) is 2. The molecule has 1 aromatic carbocycles. The zero-order chi connectivity index (χ0) is 22.0. The maximum absolute atomic E-state index is 12.8. The van der Waals surface area contributed by atoms with Crippen LogP contribution in [0.1, 0.15) is 25.8 Å². The van der Waals surface area contributed by atoms with Crippen LogP contribution in [0.2, 0.25) is 0 Å². The van der Waals surface area contributed by atoms with Crippen LogP contribution in [0, 0.1) is 6.92 Å². The summed E-state index contributed by atoms with van der Waals surface area (Å²) >= 11 is 0. The lowest BCUT2D eigenvalue weighted by molar-refractivity contribution is 0.0937. The van der Waals surface area contributed by atoms with E-state index in [0.717, 1.165) is 16.6 Å². The first-order valence-corrected chi connectivity index (χ1v) is 10.0. The van der Waals surface area contributed by atoms with Gasteiger partial charge in [-0.25, -0.2) is 4.79 Å². The summed E-state index contributed by atoms with van der Waals surface area (Å²) in [5, 5.41) is 13.9. The van der Waals surface area contributed by atoms with Crippen LogP contribution in [-0.2, 0) is 20.6 Å². The molecular weight excluding hydrogens is 386 g/mol. The summed E-state index contributed by atoms with van der Waals surface area (Å²) in [6.07, 6.45) is -0.0403. The monoisotopic (exact) mass is 415 g/mol. The molecule has 2 heterocycles. The second-order valence-electron chi connectivity index (χ2n) is 7.66. The smallest absolute Gasteiger partial charge is 0.332 e. The fourth-order valence-corrected chi connectivity index (χ4v) is 3.22. The fraction of sp³-hybridized carbons (Fsp3) is 0.476. The number of aliphatic hydroxyl groups is 1. The number of nitrogens with one attached hydrogen (secondary N) is 1. The number of fused-ring (bicyclic) bond motifs is 1. The second-order valence-corrected chi connectivity index (χ2v) is 7.66. The van der Waals surface area contributed by atoms with Crippen LogP contribution in [0.3, 0.4) is 0 Å². The third-order valence-electron chi connectivity index (χ3n) is 5.16. The number of imidazole rings is 1. The van der Waals surface area contributed by atoms with E-state index in [-0.39, 0.29) is 30.4 Å². The summed E-state index contributed by atoms with van der Waals surface area (Å²) in [5.41, 5.74) is 0.702. The first-order chi connectivity index (χ1) is 14.2. The Morgan fingerprint density at radius 3 is 2.63 bits per heavy atom. The molecular formula is C21H29N5O4. The van der Waals surface area contributed by atoms with Crippen molar-refractivity contribution in [3.63, 3.8) is 0 Å². The average molecular weight is 415 g/mol. The summed E-state index contributed by atoms with van der Waals surface area (Å²) in [6.45, 7) is 6.14. The van der Waals surface area contributed by atoms with Gasteiger partial charge in [-0.3, -0.25) is 13.9 Å². The highest BCUT2D eigenvalue weighted by atomic mass is 16.5. The normalized spacial score (nSPS) is 13.4. The number of aromatic nitrogens is 4. The van der Waals surface area contributed by atoms with Crippen LogP contribution >= 0.6 is 0 Å². The van der Waals surface area contributed by atoms with Gasteiger partial charge in [0.05, 0.1) is 6.54 Å². The summed E-state index contributed by atoms with van der Waals surface area (Å²) in [5.74, 6) is 1.10. The molecule has 0 radical (unpaired) electrons. The van der Waals surface area contributed by atoms with E-state index in [1.807, 2.05) is 45.0 Å². The maximum atomic E-state index is 12.8. The third kappa shape index (κ3) is 4.25. The topological polar surface area (TPSA) is 103 Å². The maximum Gasteiger partial charge on any atom is 0.332 e. The lowest BCUT2D eigenvalue weighted by Crippen LogP contribution is -2.38. The molecule has 0 spiro atoms. The highest BCUT2D eigenvalue weighted by molar-refractivity contribution is 5.74. The van der Waals surface area contributed by atoms with E-state index in [1.165, 1.54) is 11.6 Å². The molecule has 0 bridgehead atoms. The molecule has 0 amide bonds. The Labute approximate surface area is 174 Å². The van der Waals surface area contributed by atoms with Gasteiger partial charge < -0.3 is 19.7 Å². The lowest BCUT2D eigenvalue weighted by Gasteiger charge is -2.18. The van der Waals surface area contributed by atoms with Crippen LogP contribution in [0.5, 0.6) is 5.75 Å². The largest absolute Gasteiger partial charge is 0.491 e. The Balaban J connectivity index is 1.96. The molecule has 0 unspecified atom stereocenters. The molecule has 30 heavy (non-hydrogen) atoms. The molecule has 2 aromatic heterocycles. The van der Waals surface area contributed by atoms with E-state index >= 15 is 0 Å². The Hall–Kier alpha value is -3.07. The SMILES string of the molecule is CC[C@@H](C)Nc1nc2c(c(=O)n(C)c(=O)n2C)n1C[C@@H](O)COc1cccc(C)c1. The van der Waals surface area contributed by atoms with Crippen LogP contribution in [0.15, 0.2) is 33.9 Å². The summed E-state index contributed by atoms with van der Waals surface area (Å²) in [6, 6.07) is 7.67. The van der Waals surface area contributed by atoms with Crippen LogP contribution in [-0.4, -0.2) is 42.5 Å². The highest BCUT2D eigenvalue weighted by Crippen LogP contribution is 2.18. The van der Waals surface area contributed by atoms with Crippen molar-refractivity contribution in [1.29, 1.82) is 0 Å². The van der Waals surface area contributed by atoms with Crippen molar-refractivity contribution in [2.24, 2.45) is 14.1 Å². The summed E-state index contributed by atoms with van der Waals surface area (Å²) in [7, 11) is 3.01. The van der Waals surface area contributed by atoms with Crippen molar-refractivity contribution in [1.82, 2.24) is 18.7 Å². The van der Waals surface area contributed by atoms with Gasteiger partial charge in [-0.1, -0.05) is 19.1 Å². The number of anilines is 1. The van der Waals surface area contributed by atoms with E-state index in [9.17, 15) is 14.7 Å². The molecule has 0 saturated heterocycles. The quantitative estimate of drug-likeness (QED) is 0.576. The summed E-state index contributed by atoms with van der Waals surface area (Å²) in [4.78, 5) is 29.6. The molecule has 0 fully saturated rings. The van der Waals surface area contributed by atoms with E-state index in [4.69, 9.17) is 4.74 Å². The van der Waals surface area contributed by atoms with Gasteiger partial charge in [-0.2, -0.15) is 4.98 Å². The number of benzene rings is 1. The van der Waals surface area contributed by atoms with Crippen LogP contribution in [0.25, 0.3) is 11.2 Å². The van der Waals surface area contributed by atoms with Gasteiger partial charge in [0.2, 0.25) is 5.95 Å². The van der Waals surface area contributed by atoms with Gasteiger partial charge in [0.25, 0.3) is 5.56 Å². The van der Waals surface area contributed by atoms with Crippen molar-refractivity contribution in [2.45, 2.75) is 45.9 Å². The van der Waals surface area contributed by atoms with Gasteiger partial charge >= 0.3 is 5.69 Å². The zero-order valence-corrected chi connectivity index (χ0v) is 18.0. The average Bonchev–Trinajstić information content (AvgIpc) is 3.07. The van der Waals surface area contributed by atoms with E-state index in [2.05, 4.69) is 10.3 Å². The number of ether oxygens (including phenoxy) is 1. The number of aliphatic hydroxyl groups excluding tert-OH is 1. The van der Waals surface area contributed by atoms with Crippen molar-refractivity contribution in [2.75, 3.05) is 11.9 Å². The molecule has 0 aliphatic carbocycles. The molecule has 3 rings (SSSR count). The fourth-order valence-electron chi connectivity index (χ4n) is 3.22. The molecule has 0 aliphatic heterocycles. The number of nitrogens with zero attached hydrogens (tertiary/aromatic N) is 4. The van der Waals surface area contributed by atoms with Crippen LogP contribution < -0.4 is 21.3 Å². The van der Waals surface area contributed by atoms with Crippen molar-refractivity contribution in [3.8, 4) is 5.75 Å². The second kappa shape index (κ2) is 8.74. The first-order valence-electron chi connectivity index (χ1n) is 10.0. The Bertz CT molecular complexity index is 1160. The van der Waals surface area contributed by atoms with E-state index < -0.39 is 17.4 Å². The minimum atomic E-state index is -0.887. The molecule has 9 nitrogen and oxygen atoms in total. The van der Waals surface area contributed by atoms with Crippen molar-refractivity contribution >= 4 is 17.1 Å².